The first-order chi connectivity index (χ1) is 6.04. The minimum Gasteiger partial charge on any atom is -0.300 e. The van der Waals surface area contributed by atoms with Crippen molar-refractivity contribution in [1.29, 1.82) is 0 Å². The van der Waals surface area contributed by atoms with E-state index in [1.807, 2.05) is 0 Å². The summed E-state index contributed by atoms with van der Waals surface area (Å²) in [6.07, 6.45) is 6.17. The number of Topliss-reactive ketones (excluding diaryl/α,β-unsaturated/α-hetero) is 1. The van der Waals surface area contributed by atoms with Crippen molar-refractivity contribution in [3.63, 3.8) is 0 Å². The maximum atomic E-state index is 11.5. The molecule has 1 saturated carbocycles. The maximum absolute atomic E-state index is 11.5. The van der Waals surface area contributed by atoms with E-state index in [-0.39, 0.29) is 10.8 Å². The van der Waals surface area contributed by atoms with Crippen LogP contribution >= 0.6 is 0 Å². The lowest BCUT2D eigenvalue weighted by Crippen LogP contribution is -2.31. The maximum Gasteiger partial charge on any atom is 0.134 e. The Morgan fingerprint density at radius 1 is 1.46 bits per heavy atom. The van der Waals surface area contributed by atoms with Crippen LogP contribution in [0.5, 0.6) is 0 Å². The largest absolute Gasteiger partial charge is 0.300 e. The molecule has 2 aliphatic rings. The normalized spacial score (nSPS) is 43.6. The number of ketones is 1. The van der Waals surface area contributed by atoms with Gasteiger partial charge in [0.05, 0.1) is 0 Å². The van der Waals surface area contributed by atoms with Gasteiger partial charge in [0.2, 0.25) is 0 Å². The van der Waals surface area contributed by atoms with Gasteiger partial charge < -0.3 is 0 Å². The van der Waals surface area contributed by atoms with Crippen LogP contribution in [0.25, 0.3) is 0 Å². The van der Waals surface area contributed by atoms with Crippen LogP contribution in [-0.2, 0) is 4.79 Å². The zero-order chi connectivity index (χ0) is 9.69. The lowest BCUT2D eigenvalue weighted by Gasteiger charge is -2.38. The van der Waals surface area contributed by atoms with E-state index in [0.29, 0.717) is 5.78 Å². The molecule has 0 spiro atoms. The summed E-state index contributed by atoms with van der Waals surface area (Å²) in [5, 5.41) is 0. The highest BCUT2D eigenvalue weighted by Gasteiger charge is 2.56. The van der Waals surface area contributed by atoms with Crippen LogP contribution in [0.2, 0.25) is 0 Å². The van der Waals surface area contributed by atoms with Gasteiger partial charge in [0.15, 0.2) is 0 Å². The zero-order valence-corrected chi connectivity index (χ0v) is 8.81. The molecule has 0 aromatic carbocycles. The van der Waals surface area contributed by atoms with Crippen LogP contribution in [0, 0.1) is 10.8 Å². The molecule has 2 atom stereocenters. The lowest BCUT2D eigenvalue weighted by molar-refractivity contribution is -0.118. The van der Waals surface area contributed by atoms with Gasteiger partial charge in [0.1, 0.15) is 5.78 Å². The molecule has 0 amide bonds. The molecular weight excluding hydrogens is 160 g/mol. The molecule has 13 heavy (non-hydrogen) atoms. The molecule has 0 N–H and O–H groups in total. The molecule has 0 bridgehead atoms. The summed E-state index contributed by atoms with van der Waals surface area (Å²) in [5.41, 5.74) is 1.94. The fourth-order valence-electron chi connectivity index (χ4n) is 3.50. The Balaban J connectivity index is 2.46. The van der Waals surface area contributed by atoms with Crippen molar-refractivity contribution in [2.75, 3.05) is 0 Å². The topological polar surface area (TPSA) is 17.1 Å². The number of hydrogen-bond donors (Lipinski definition) is 0. The van der Waals surface area contributed by atoms with Gasteiger partial charge in [-0.1, -0.05) is 25.5 Å². The van der Waals surface area contributed by atoms with Gasteiger partial charge in [-0.3, -0.25) is 4.79 Å². The third-order valence-electron chi connectivity index (χ3n) is 4.46. The van der Waals surface area contributed by atoms with E-state index in [4.69, 9.17) is 0 Å². The molecule has 2 aliphatic carbocycles. The molecule has 0 unspecified atom stereocenters. The molecule has 0 saturated heterocycles. The van der Waals surface area contributed by atoms with Crippen molar-refractivity contribution >= 4 is 5.78 Å². The third-order valence-corrected chi connectivity index (χ3v) is 4.46. The fraction of sp³-hybridized carbons (Fsp3) is 0.750. The van der Waals surface area contributed by atoms with Gasteiger partial charge in [-0.25, -0.2) is 0 Å². The number of rotatable bonds is 1. The van der Waals surface area contributed by atoms with E-state index in [0.717, 1.165) is 25.7 Å². The summed E-state index contributed by atoms with van der Waals surface area (Å²) in [4.78, 5) is 11.5. The fourth-order valence-corrected chi connectivity index (χ4v) is 3.50. The second-order valence-electron chi connectivity index (χ2n) is 4.98. The summed E-state index contributed by atoms with van der Waals surface area (Å²) >= 11 is 0. The summed E-state index contributed by atoms with van der Waals surface area (Å²) in [7, 11) is 0. The number of allylic oxidation sites excluding steroid dienone is 2. The van der Waals surface area contributed by atoms with Crippen molar-refractivity contribution in [1.82, 2.24) is 0 Å². The molecule has 0 aliphatic heterocycles. The van der Waals surface area contributed by atoms with Gasteiger partial charge in [-0.15, -0.1) is 0 Å². The molecular formula is C12H18O. The van der Waals surface area contributed by atoms with E-state index >= 15 is 0 Å². The number of fused-ring (bicyclic) bond motifs is 1. The minimum absolute atomic E-state index is 0.226. The minimum atomic E-state index is 0.226. The first-order valence-corrected chi connectivity index (χ1v) is 5.23. The molecule has 2 rings (SSSR count). The lowest BCUT2D eigenvalue weighted by atomic mass is 9.65. The van der Waals surface area contributed by atoms with E-state index in [2.05, 4.69) is 26.8 Å². The van der Waals surface area contributed by atoms with Crippen molar-refractivity contribution < 1.29 is 4.79 Å². The van der Waals surface area contributed by atoms with Crippen LogP contribution < -0.4 is 0 Å². The Kier molecular flexibility index (Phi) is 1.70. The van der Waals surface area contributed by atoms with E-state index in [9.17, 15) is 4.79 Å². The predicted octanol–water partition coefficient (Wildman–Crippen LogP) is 3.10. The average Bonchev–Trinajstić information content (AvgIpc) is 2.45. The molecule has 1 heteroatoms. The molecule has 0 radical (unpaired) electrons. The highest BCUT2D eigenvalue weighted by atomic mass is 16.1. The van der Waals surface area contributed by atoms with Crippen molar-refractivity contribution in [2.45, 2.75) is 46.5 Å². The Morgan fingerprint density at radius 3 is 2.69 bits per heavy atom. The van der Waals surface area contributed by atoms with Crippen LogP contribution in [0.15, 0.2) is 11.6 Å². The van der Waals surface area contributed by atoms with E-state index < -0.39 is 0 Å². The second-order valence-corrected chi connectivity index (χ2v) is 4.98. The highest BCUT2D eigenvalue weighted by molar-refractivity contribution is 5.84. The van der Waals surface area contributed by atoms with Crippen LogP contribution in [0.4, 0.5) is 0 Å². The number of carbonyl (C=O) groups is 1. The van der Waals surface area contributed by atoms with Gasteiger partial charge in [-0.05, 0) is 25.2 Å². The van der Waals surface area contributed by atoms with E-state index in [1.165, 1.54) is 5.57 Å². The van der Waals surface area contributed by atoms with Gasteiger partial charge in [0.25, 0.3) is 0 Å². The molecule has 0 heterocycles. The smallest absolute Gasteiger partial charge is 0.134 e. The van der Waals surface area contributed by atoms with Crippen molar-refractivity contribution in [3.8, 4) is 0 Å². The van der Waals surface area contributed by atoms with Gasteiger partial charge >= 0.3 is 0 Å². The number of hydrogen-bond acceptors (Lipinski definition) is 1. The standard InChI is InChI=1S/C12H18O/c1-4-12-8-10(13)7-11(12,3)6-5-9(12)2/h5H,4,6-8H2,1-3H3/t11-,12-/m1/s1. The summed E-state index contributed by atoms with van der Waals surface area (Å²) in [5.74, 6) is 0.469. The molecule has 1 fully saturated rings. The summed E-state index contributed by atoms with van der Waals surface area (Å²) < 4.78 is 0. The Labute approximate surface area is 80.2 Å². The Hall–Kier alpha value is -0.590. The van der Waals surface area contributed by atoms with Gasteiger partial charge in [0, 0.05) is 18.3 Å². The Bertz CT molecular complexity index is 289. The van der Waals surface area contributed by atoms with E-state index in [1.54, 1.807) is 0 Å². The predicted molar refractivity (Wildman–Crippen MR) is 53.4 cm³/mol. The molecule has 1 nitrogen and oxygen atoms in total. The summed E-state index contributed by atoms with van der Waals surface area (Å²) in [6, 6.07) is 0. The monoisotopic (exact) mass is 178 g/mol. The molecule has 0 aromatic rings. The van der Waals surface area contributed by atoms with Crippen LogP contribution in [-0.4, -0.2) is 5.78 Å². The quantitative estimate of drug-likeness (QED) is 0.564. The zero-order valence-electron chi connectivity index (χ0n) is 8.81. The molecule has 72 valence electrons. The van der Waals surface area contributed by atoms with Gasteiger partial charge in [-0.2, -0.15) is 0 Å². The Morgan fingerprint density at radius 2 is 2.15 bits per heavy atom. The SMILES string of the molecule is CC[C@]12CC(=O)C[C@@]1(C)CC=C2C. The second kappa shape index (κ2) is 2.46. The third kappa shape index (κ3) is 0.905. The van der Waals surface area contributed by atoms with Crippen LogP contribution in [0.1, 0.15) is 46.5 Å². The highest BCUT2D eigenvalue weighted by Crippen LogP contribution is 2.63. The van der Waals surface area contributed by atoms with Crippen molar-refractivity contribution in [3.05, 3.63) is 11.6 Å². The first-order valence-electron chi connectivity index (χ1n) is 5.23. The van der Waals surface area contributed by atoms with Crippen LogP contribution in [0.3, 0.4) is 0 Å². The average molecular weight is 178 g/mol. The summed E-state index contributed by atoms with van der Waals surface area (Å²) in [6.45, 7) is 6.71. The van der Waals surface area contributed by atoms with Crippen molar-refractivity contribution in [2.24, 2.45) is 10.8 Å². The molecule has 0 aromatic heterocycles. The number of carbonyl (C=O) groups excluding carboxylic acids is 1. The first kappa shape index (κ1) is 8.98.